The lowest BCUT2D eigenvalue weighted by molar-refractivity contribution is 0.0691. The van der Waals surface area contributed by atoms with E-state index < -0.39 is 5.97 Å². The normalized spacial score (nSPS) is 10.3. The summed E-state index contributed by atoms with van der Waals surface area (Å²) in [5.74, 6) is -1.01. The smallest absolute Gasteiger partial charge is 0.341 e. The zero-order chi connectivity index (χ0) is 14.5. The van der Waals surface area contributed by atoms with E-state index in [2.05, 4.69) is 4.98 Å². The summed E-state index contributed by atoms with van der Waals surface area (Å²) in [4.78, 5) is 15.0. The van der Waals surface area contributed by atoms with E-state index in [-0.39, 0.29) is 16.5 Å². The quantitative estimate of drug-likeness (QED) is 0.917. The molecule has 0 aliphatic carbocycles. The molecule has 1 aromatic heterocycles. The van der Waals surface area contributed by atoms with Crippen LogP contribution < -0.4 is 4.74 Å². The average Bonchev–Trinajstić information content (AvgIpc) is 2.42. The molecular formula is C15H14ClNO3. The van der Waals surface area contributed by atoms with Crippen molar-refractivity contribution in [2.45, 2.75) is 13.3 Å². The fraction of sp³-hybridized carbons (Fsp3) is 0.200. The maximum atomic E-state index is 11.1. The van der Waals surface area contributed by atoms with E-state index >= 15 is 0 Å². The number of aryl methyl sites for hydroxylation is 1. The summed E-state index contributed by atoms with van der Waals surface area (Å²) >= 11 is 5.73. The van der Waals surface area contributed by atoms with Gasteiger partial charge in [-0.1, -0.05) is 35.9 Å². The predicted molar refractivity (Wildman–Crippen MR) is 76.6 cm³/mol. The molecule has 1 aromatic carbocycles. The number of carboxylic acids is 1. The standard InChI is InChI=1S/C15H14ClNO3/c1-10-4-2-3-5-11(10)6-7-20-14-13(15(18)19)8-12(16)9-17-14/h2-5,8-9H,6-7H2,1H3,(H,18,19). The first-order chi connectivity index (χ1) is 9.58. The van der Waals surface area contributed by atoms with Gasteiger partial charge in [0.2, 0.25) is 5.88 Å². The van der Waals surface area contributed by atoms with Gasteiger partial charge >= 0.3 is 5.97 Å². The molecule has 0 bridgehead atoms. The van der Waals surface area contributed by atoms with Crippen LogP contribution in [0.5, 0.6) is 5.88 Å². The third-order valence-corrected chi connectivity index (χ3v) is 3.13. The molecule has 0 saturated carbocycles. The van der Waals surface area contributed by atoms with Crippen LogP contribution in [0.1, 0.15) is 21.5 Å². The third kappa shape index (κ3) is 3.48. The molecule has 0 amide bonds. The van der Waals surface area contributed by atoms with Crippen molar-refractivity contribution in [1.29, 1.82) is 0 Å². The van der Waals surface area contributed by atoms with Crippen LogP contribution in [0.2, 0.25) is 5.02 Å². The average molecular weight is 292 g/mol. The van der Waals surface area contributed by atoms with E-state index in [0.29, 0.717) is 13.0 Å². The monoisotopic (exact) mass is 291 g/mol. The molecule has 0 radical (unpaired) electrons. The van der Waals surface area contributed by atoms with Crippen LogP contribution in [0.4, 0.5) is 0 Å². The largest absolute Gasteiger partial charge is 0.477 e. The van der Waals surface area contributed by atoms with E-state index in [1.807, 2.05) is 31.2 Å². The summed E-state index contributed by atoms with van der Waals surface area (Å²) in [6.45, 7) is 2.39. The molecule has 104 valence electrons. The van der Waals surface area contributed by atoms with Crippen molar-refractivity contribution in [3.8, 4) is 5.88 Å². The number of pyridine rings is 1. The molecule has 20 heavy (non-hydrogen) atoms. The summed E-state index contributed by atoms with van der Waals surface area (Å²) < 4.78 is 5.46. The lowest BCUT2D eigenvalue weighted by Crippen LogP contribution is -2.08. The first kappa shape index (κ1) is 14.3. The molecule has 0 aliphatic heterocycles. The van der Waals surface area contributed by atoms with Gasteiger partial charge in [-0.15, -0.1) is 0 Å². The van der Waals surface area contributed by atoms with Gasteiger partial charge in [-0.3, -0.25) is 0 Å². The molecular weight excluding hydrogens is 278 g/mol. The third-order valence-electron chi connectivity index (χ3n) is 2.92. The number of carbonyl (C=O) groups is 1. The van der Waals surface area contributed by atoms with E-state index in [9.17, 15) is 4.79 Å². The number of rotatable bonds is 5. The Hall–Kier alpha value is -2.07. The number of nitrogens with zero attached hydrogens (tertiary/aromatic N) is 1. The molecule has 2 aromatic rings. The van der Waals surface area contributed by atoms with Gasteiger partial charge in [0.15, 0.2) is 0 Å². The highest BCUT2D eigenvalue weighted by molar-refractivity contribution is 6.30. The van der Waals surface area contributed by atoms with Crippen molar-refractivity contribution in [3.05, 3.63) is 58.2 Å². The topological polar surface area (TPSA) is 59.4 Å². The highest BCUT2D eigenvalue weighted by Crippen LogP contribution is 2.20. The lowest BCUT2D eigenvalue weighted by Gasteiger charge is -2.09. The Balaban J connectivity index is 2.05. The maximum absolute atomic E-state index is 11.1. The molecule has 1 N–H and O–H groups in total. The van der Waals surface area contributed by atoms with Crippen LogP contribution in [0, 0.1) is 6.92 Å². The number of carboxylic acid groups (broad SMARTS) is 1. The second kappa shape index (κ2) is 6.39. The van der Waals surface area contributed by atoms with E-state index in [4.69, 9.17) is 21.4 Å². The minimum atomic E-state index is -1.11. The van der Waals surface area contributed by atoms with Crippen molar-refractivity contribution >= 4 is 17.6 Å². The molecule has 0 fully saturated rings. The van der Waals surface area contributed by atoms with Crippen molar-refractivity contribution < 1.29 is 14.6 Å². The van der Waals surface area contributed by atoms with Gasteiger partial charge in [0, 0.05) is 12.6 Å². The summed E-state index contributed by atoms with van der Waals surface area (Å²) in [6.07, 6.45) is 2.06. The van der Waals surface area contributed by atoms with Gasteiger partial charge < -0.3 is 9.84 Å². The Bertz CT molecular complexity index is 628. The van der Waals surface area contributed by atoms with Crippen LogP contribution in [0.25, 0.3) is 0 Å². The van der Waals surface area contributed by atoms with Crippen molar-refractivity contribution in [1.82, 2.24) is 4.98 Å². The van der Waals surface area contributed by atoms with E-state index in [0.717, 1.165) is 0 Å². The highest BCUT2D eigenvalue weighted by atomic mass is 35.5. The minimum Gasteiger partial charge on any atom is -0.477 e. The molecule has 0 aliphatic rings. The van der Waals surface area contributed by atoms with E-state index in [1.165, 1.54) is 23.4 Å². The Labute approximate surface area is 122 Å². The van der Waals surface area contributed by atoms with Crippen LogP contribution >= 0.6 is 11.6 Å². The summed E-state index contributed by atoms with van der Waals surface area (Å²) in [7, 11) is 0. The van der Waals surface area contributed by atoms with Gasteiger partial charge in [-0.05, 0) is 24.1 Å². The SMILES string of the molecule is Cc1ccccc1CCOc1ncc(Cl)cc1C(=O)O. The molecule has 0 saturated heterocycles. The highest BCUT2D eigenvalue weighted by Gasteiger charge is 2.13. The fourth-order valence-electron chi connectivity index (χ4n) is 1.84. The zero-order valence-corrected chi connectivity index (χ0v) is 11.7. The first-order valence-electron chi connectivity index (χ1n) is 6.14. The Morgan fingerprint density at radius 1 is 1.40 bits per heavy atom. The molecule has 5 heteroatoms. The Morgan fingerprint density at radius 3 is 2.85 bits per heavy atom. The lowest BCUT2D eigenvalue weighted by atomic mass is 10.1. The first-order valence-corrected chi connectivity index (χ1v) is 6.52. The number of hydrogen-bond acceptors (Lipinski definition) is 3. The van der Waals surface area contributed by atoms with Crippen LogP contribution in [0.3, 0.4) is 0 Å². The van der Waals surface area contributed by atoms with Gasteiger partial charge in [0.1, 0.15) is 5.56 Å². The molecule has 0 atom stereocenters. The second-order valence-electron chi connectivity index (χ2n) is 4.34. The Kier molecular flexibility index (Phi) is 4.58. The summed E-state index contributed by atoms with van der Waals surface area (Å²) in [5.41, 5.74) is 2.32. The van der Waals surface area contributed by atoms with Gasteiger partial charge in [0.05, 0.1) is 11.6 Å². The van der Waals surface area contributed by atoms with Crippen LogP contribution in [-0.2, 0) is 6.42 Å². The van der Waals surface area contributed by atoms with Gasteiger partial charge in [0.25, 0.3) is 0 Å². The molecule has 4 nitrogen and oxygen atoms in total. The summed E-state index contributed by atoms with van der Waals surface area (Å²) in [5, 5.41) is 9.34. The van der Waals surface area contributed by atoms with Gasteiger partial charge in [-0.25, -0.2) is 9.78 Å². The molecule has 0 spiro atoms. The molecule has 1 heterocycles. The molecule has 2 rings (SSSR count). The van der Waals surface area contributed by atoms with Crippen LogP contribution in [-0.4, -0.2) is 22.7 Å². The number of benzene rings is 1. The maximum Gasteiger partial charge on any atom is 0.341 e. The number of ether oxygens (including phenoxy) is 1. The number of aromatic nitrogens is 1. The predicted octanol–water partition coefficient (Wildman–Crippen LogP) is 3.36. The van der Waals surface area contributed by atoms with Crippen molar-refractivity contribution in [3.63, 3.8) is 0 Å². The Morgan fingerprint density at radius 2 is 2.15 bits per heavy atom. The summed E-state index contributed by atoms with van der Waals surface area (Å²) in [6, 6.07) is 9.32. The second-order valence-corrected chi connectivity index (χ2v) is 4.77. The zero-order valence-electron chi connectivity index (χ0n) is 11.0. The minimum absolute atomic E-state index is 0.0257. The van der Waals surface area contributed by atoms with Crippen molar-refractivity contribution in [2.24, 2.45) is 0 Å². The number of halogens is 1. The van der Waals surface area contributed by atoms with Gasteiger partial charge in [-0.2, -0.15) is 0 Å². The van der Waals surface area contributed by atoms with Crippen LogP contribution in [0.15, 0.2) is 36.5 Å². The molecule has 0 unspecified atom stereocenters. The number of aromatic carboxylic acids is 1. The number of hydrogen-bond donors (Lipinski definition) is 1. The van der Waals surface area contributed by atoms with Crippen molar-refractivity contribution in [2.75, 3.05) is 6.61 Å². The van der Waals surface area contributed by atoms with E-state index in [1.54, 1.807) is 0 Å². The fourth-order valence-corrected chi connectivity index (χ4v) is 2.00.